The summed E-state index contributed by atoms with van der Waals surface area (Å²) in [4.78, 5) is 43.4. The number of esters is 1. The molecule has 0 amide bonds. The van der Waals surface area contributed by atoms with E-state index in [4.69, 9.17) is 30.8 Å². The highest BCUT2D eigenvalue weighted by Crippen LogP contribution is 2.27. The first kappa shape index (κ1) is 24.2. The molecule has 1 aliphatic rings. The zero-order valence-electron chi connectivity index (χ0n) is 17.2. The number of aliphatic carboxylic acids is 1. The number of nitrogen functional groups attached to an aromatic ring is 1. The third-order valence-electron chi connectivity index (χ3n) is 4.70. The van der Waals surface area contributed by atoms with Gasteiger partial charge in [-0.1, -0.05) is 19.3 Å². The van der Waals surface area contributed by atoms with E-state index in [0.29, 0.717) is 12.8 Å². The topological polar surface area (TPSA) is 209 Å². The molecule has 0 aromatic carbocycles. The van der Waals surface area contributed by atoms with E-state index in [1.54, 1.807) is 0 Å². The minimum absolute atomic E-state index is 0.0392. The van der Waals surface area contributed by atoms with E-state index in [2.05, 4.69) is 15.0 Å². The van der Waals surface area contributed by atoms with Gasteiger partial charge >= 0.3 is 5.97 Å². The van der Waals surface area contributed by atoms with Crippen LogP contribution in [0.1, 0.15) is 39.0 Å². The fourth-order valence-electron chi connectivity index (χ4n) is 3.10. The number of rotatable bonds is 7. The summed E-state index contributed by atoms with van der Waals surface area (Å²) in [5, 5.41) is 16.9. The number of fused-ring (bicyclic) bond motifs is 1. The van der Waals surface area contributed by atoms with Crippen LogP contribution >= 0.6 is 0 Å². The molecule has 1 aliphatic carbocycles. The van der Waals surface area contributed by atoms with Crippen molar-refractivity contribution in [3.63, 3.8) is 0 Å². The van der Waals surface area contributed by atoms with Crippen LogP contribution in [0.4, 0.5) is 5.95 Å². The average Bonchev–Trinajstić information content (AvgIpc) is 3.11. The number of ether oxygens (including phenoxy) is 2. The van der Waals surface area contributed by atoms with Gasteiger partial charge in [-0.05, 0) is 12.8 Å². The molecule has 1 atom stereocenters. The zero-order valence-corrected chi connectivity index (χ0v) is 17.2. The maximum absolute atomic E-state index is 12.3. The molecule has 2 aromatic rings. The first-order chi connectivity index (χ1) is 14.7. The second kappa shape index (κ2) is 10.8. The highest BCUT2D eigenvalue weighted by Gasteiger charge is 2.37. The maximum Gasteiger partial charge on any atom is 0.326 e. The number of carboxylic acids is 1. The van der Waals surface area contributed by atoms with Gasteiger partial charge in [-0.25, -0.2) is 4.98 Å². The summed E-state index contributed by atoms with van der Waals surface area (Å²) in [6, 6.07) is 0. The van der Waals surface area contributed by atoms with Gasteiger partial charge in [0.15, 0.2) is 11.2 Å². The number of aliphatic hydroxyl groups is 1. The maximum atomic E-state index is 12.3. The van der Waals surface area contributed by atoms with E-state index < -0.39 is 29.1 Å². The van der Waals surface area contributed by atoms with Crippen LogP contribution in [-0.2, 0) is 25.8 Å². The standard InChI is InChI=1S/C16H24N6O5.C2H4O2/c17-15-20-12-11(13(24)21-15)19-8-22(12)9-27-10(6-23)7-26-14(25)16(18)4-2-1-3-5-16;1-2(3)4/h8,10,23H,1-7,9,18H2,(H3,17,20,21,24);1H3,(H,3,4). The van der Waals surface area contributed by atoms with Crippen LogP contribution < -0.4 is 17.0 Å². The number of nitrogens with two attached hydrogens (primary N) is 2. The smallest absolute Gasteiger partial charge is 0.326 e. The third-order valence-corrected chi connectivity index (χ3v) is 4.70. The van der Waals surface area contributed by atoms with E-state index in [-0.39, 0.29) is 37.1 Å². The Labute approximate surface area is 177 Å². The Balaban J connectivity index is 0.000000785. The summed E-state index contributed by atoms with van der Waals surface area (Å²) < 4.78 is 12.3. The van der Waals surface area contributed by atoms with Crippen molar-refractivity contribution in [3.8, 4) is 0 Å². The SMILES string of the molecule is CC(=O)O.Nc1nc2c(ncn2COC(CO)COC(=O)C2(N)CCCCC2)c(=O)[nH]1. The zero-order chi connectivity index (χ0) is 23.0. The van der Waals surface area contributed by atoms with Crippen LogP contribution in [0.25, 0.3) is 11.2 Å². The highest BCUT2D eigenvalue weighted by atomic mass is 16.6. The molecule has 0 radical (unpaired) electrons. The molecule has 13 nitrogen and oxygen atoms in total. The van der Waals surface area contributed by atoms with Gasteiger partial charge in [0, 0.05) is 6.92 Å². The lowest BCUT2D eigenvalue weighted by molar-refractivity contribution is -0.158. The van der Waals surface area contributed by atoms with Gasteiger partial charge in [-0.3, -0.25) is 23.9 Å². The fourth-order valence-corrected chi connectivity index (χ4v) is 3.10. The Hall–Kier alpha value is -3.03. The molecule has 31 heavy (non-hydrogen) atoms. The average molecular weight is 440 g/mol. The molecule has 2 heterocycles. The lowest BCUT2D eigenvalue weighted by Gasteiger charge is -2.31. The Kier molecular flexibility index (Phi) is 8.47. The minimum Gasteiger partial charge on any atom is -0.481 e. The van der Waals surface area contributed by atoms with Gasteiger partial charge in [0.25, 0.3) is 11.5 Å². The number of hydrogen-bond acceptors (Lipinski definition) is 10. The first-order valence-electron chi connectivity index (χ1n) is 9.75. The molecule has 0 aliphatic heterocycles. The Morgan fingerprint density at radius 2 is 2.00 bits per heavy atom. The number of nitrogens with zero attached hydrogens (tertiary/aromatic N) is 3. The van der Waals surface area contributed by atoms with Crippen molar-refractivity contribution in [2.45, 2.75) is 57.4 Å². The predicted molar refractivity (Wildman–Crippen MR) is 109 cm³/mol. The number of aliphatic hydroxyl groups excluding tert-OH is 1. The van der Waals surface area contributed by atoms with Crippen LogP contribution in [0.2, 0.25) is 0 Å². The lowest BCUT2D eigenvalue weighted by atomic mass is 9.83. The van der Waals surface area contributed by atoms with Gasteiger partial charge in [0.05, 0.1) is 12.9 Å². The molecular formula is C18H28N6O7. The van der Waals surface area contributed by atoms with Crippen molar-refractivity contribution in [2.75, 3.05) is 18.9 Å². The van der Waals surface area contributed by atoms with Crippen molar-refractivity contribution < 1.29 is 29.3 Å². The number of aromatic nitrogens is 4. The van der Waals surface area contributed by atoms with Crippen molar-refractivity contribution in [1.29, 1.82) is 0 Å². The van der Waals surface area contributed by atoms with E-state index in [1.807, 2.05) is 0 Å². The number of carbonyl (C=O) groups excluding carboxylic acids is 1. The number of anilines is 1. The highest BCUT2D eigenvalue weighted by molar-refractivity contribution is 5.80. The molecule has 2 aromatic heterocycles. The molecular weight excluding hydrogens is 412 g/mol. The Morgan fingerprint density at radius 3 is 2.61 bits per heavy atom. The largest absolute Gasteiger partial charge is 0.481 e. The second-order valence-electron chi connectivity index (χ2n) is 7.27. The summed E-state index contributed by atoms with van der Waals surface area (Å²) in [6.07, 6.45) is 4.68. The molecule has 3 rings (SSSR count). The summed E-state index contributed by atoms with van der Waals surface area (Å²) in [6.45, 7) is 0.549. The molecule has 7 N–H and O–H groups in total. The summed E-state index contributed by atoms with van der Waals surface area (Å²) in [5.74, 6) is -1.35. The first-order valence-corrected chi connectivity index (χ1v) is 9.75. The molecule has 0 saturated heterocycles. The number of imidazole rings is 1. The fraction of sp³-hybridized carbons (Fsp3) is 0.611. The van der Waals surface area contributed by atoms with Crippen molar-refractivity contribution in [1.82, 2.24) is 19.5 Å². The van der Waals surface area contributed by atoms with Crippen molar-refractivity contribution >= 4 is 29.1 Å². The quantitative estimate of drug-likeness (QED) is 0.341. The molecule has 0 bridgehead atoms. The number of hydrogen-bond donors (Lipinski definition) is 5. The van der Waals surface area contributed by atoms with Crippen LogP contribution in [0.3, 0.4) is 0 Å². The lowest BCUT2D eigenvalue weighted by Crippen LogP contribution is -2.51. The molecule has 1 unspecified atom stereocenters. The second-order valence-corrected chi connectivity index (χ2v) is 7.27. The van der Waals surface area contributed by atoms with E-state index in [0.717, 1.165) is 26.2 Å². The molecule has 172 valence electrons. The third kappa shape index (κ3) is 6.73. The normalized spacial score (nSPS) is 16.2. The number of aromatic amines is 1. The minimum atomic E-state index is -0.957. The Bertz CT molecular complexity index is 947. The van der Waals surface area contributed by atoms with Gasteiger partial charge < -0.3 is 31.2 Å². The number of H-pyrrole nitrogens is 1. The summed E-state index contributed by atoms with van der Waals surface area (Å²) in [5.41, 5.74) is 10.6. The van der Waals surface area contributed by atoms with Crippen LogP contribution in [-0.4, -0.2) is 66.5 Å². The van der Waals surface area contributed by atoms with Crippen LogP contribution in [0.15, 0.2) is 11.1 Å². The van der Waals surface area contributed by atoms with Gasteiger partial charge in [-0.2, -0.15) is 4.98 Å². The molecule has 1 saturated carbocycles. The predicted octanol–water partition coefficient (Wildman–Crippen LogP) is -0.667. The molecule has 0 spiro atoms. The van der Waals surface area contributed by atoms with Gasteiger partial charge in [0.2, 0.25) is 5.95 Å². The van der Waals surface area contributed by atoms with Crippen LogP contribution in [0, 0.1) is 0 Å². The summed E-state index contributed by atoms with van der Waals surface area (Å²) >= 11 is 0. The van der Waals surface area contributed by atoms with E-state index >= 15 is 0 Å². The van der Waals surface area contributed by atoms with Crippen molar-refractivity contribution in [2.24, 2.45) is 5.73 Å². The van der Waals surface area contributed by atoms with Gasteiger partial charge in [0.1, 0.15) is 25.0 Å². The number of nitrogens with one attached hydrogen (secondary N) is 1. The Morgan fingerprint density at radius 1 is 1.35 bits per heavy atom. The monoisotopic (exact) mass is 440 g/mol. The van der Waals surface area contributed by atoms with E-state index in [1.165, 1.54) is 10.9 Å². The summed E-state index contributed by atoms with van der Waals surface area (Å²) in [7, 11) is 0. The van der Waals surface area contributed by atoms with Gasteiger partial charge in [-0.15, -0.1) is 0 Å². The number of carboxylic acid groups (broad SMARTS) is 1. The molecule has 1 fully saturated rings. The van der Waals surface area contributed by atoms with Crippen molar-refractivity contribution in [3.05, 3.63) is 16.7 Å². The molecule has 13 heteroatoms. The van der Waals surface area contributed by atoms with Crippen LogP contribution in [0.5, 0.6) is 0 Å². The van der Waals surface area contributed by atoms with E-state index in [9.17, 15) is 14.7 Å². The number of carbonyl (C=O) groups is 2.